The van der Waals surface area contributed by atoms with Crippen LogP contribution in [0.5, 0.6) is 0 Å². The Kier molecular flexibility index (Phi) is 3.75. The zero-order valence-electron chi connectivity index (χ0n) is 11.5. The average Bonchev–Trinajstić information content (AvgIpc) is 2.94. The number of nitrogens with one attached hydrogen (secondary N) is 1. The fourth-order valence-electron chi connectivity index (χ4n) is 5.07. The summed E-state index contributed by atoms with van der Waals surface area (Å²) in [5.41, 5.74) is 0. The van der Waals surface area contributed by atoms with Crippen LogP contribution in [-0.4, -0.2) is 12.6 Å². The van der Waals surface area contributed by atoms with E-state index in [1.54, 1.807) is 32.1 Å². The third kappa shape index (κ3) is 2.54. The van der Waals surface area contributed by atoms with Gasteiger partial charge >= 0.3 is 0 Å². The Morgan fingerprint density at radius 1 is 0.941 bits per heavy atom. The minimum atomic E-state index is 0.855. The molecule has 0 radical (unpaired) electrons. The normalized spacial score (nSPS) is 45.4. The van der Waals surface area contributed by atoms with Crippen molar-refractivity contribution in [1.29, 1.82) is 0 Å². The van der Waals surface area contributed by atoms with Crippen LogP contribution in [0.3, 0.4) is 0 Å². The van der Waals surface area contributed by atoms with Crippen LogP contribution in [0.25, 0.3) is 0 Å². The molecule has 5 unspecified atom stereocenters. The summed E-state index contributed by atoms with van der Waals surface area (Å²) >= 11 is 0. The van der Waals surface area contributed by atoms with Gasteiger partial charge in [0, 0.05) is 6.04 Å². The Morgan fingerprint density at radius 3 is 2.53 bits per heavy atom. The number of hydrogen-bond acceptors (Lipinski definition) is 1. The summed E-state index contributed by atoms with van der Waals surface area (Å²) in [5, 5.41) is 3.75. The predicted molar refractivity (Wildman–Crippen MR) is 73.0 cm³/mol. The van der Waals surface area contributed by atoms with Gasteiger partial charge < -0.3 is 5.32 Å². The predicted octanol–water partition coefficient (Wildman–Crippen LogP) is 3.98. The smallest absolute Gasteiger partial charge is 0.00953 e. The summed E-state index contributed by atoms with van der Waals surface area (Å²) in [4.78, 5) is 0. The maximum atomic E-state index is 3.75. The molecule has 1 nitrogen and oxygen atoms in total. The Labute approximate surface area is 107 Å². The van der Waals surface area contributed by atoms with E-state index in [1.165, 1.54) is 25.7 Å². The van der Waals surface area contributed by atoms with Crippen LogP contribution in [0.4, 0.5) is 0 Å². The monoisotopic (exact) mass is 235 g/mol. The van der Waals surface area contributed by atoms with Gasteiger partial charge in [0.2, 0.25) is 0 Å². The van der Waals surface area contributed by atoms with Gasteiger partial charge in [-0.25, -0.2) is 0 Å². The van der Waals surface area contributed by atoms with E-state index >= 15 is 0 Å². The van der Waals surface area contributed by atoms with Gasteiger partial charge in [-0.05, 0) is 68.7 Å². The van der Waals surface area contributed by atoms with Gasteiger partial charge in [0.15, 0.2) is 0 Å². The molecule has 0 spiro atoms. The Hall–Kier alpha value is -0.0400. The highest BCUT2D eigenvalue weighted by atomic mass is 14.9. The molecule has 3 fully saturated rings. The lowest BCUT2D eigenvalue weighted by Gasteiger charge is -2.35. The van der Waals surface area contributed by atoms with E-state index in [0.717, 1.165) is 36.3 Å². The summed E-state index contributed by atoms with van der Waals surface area (Å²) in [6, 6.07) is 0.855. The molecule has 0 aromatic rings. The number of hydrogen-bond donors (Lipinski definition) is 1. The zero-order chi connectivity index (χ0) is 11.7. The molecule has 5 atom stereocenters. The van der Waals surface area contributed by atoms with E-state index in [4.69, 9.17) is 0 Å². The van der Waals surface area contributed by atoms with E-state index in [0.29, 0.717) is 0 Å². The summed E-state index contributed by atoms with van der Waals surface area (Å²) in [6.45, 7) is 3.43. The van der Waals surface area contributed by atoms with Gasteiger partial charge in [0.25, 0.3) is 0 Å². The van der Waals surface area contributed by atoms with Crippen molar-refractivity contribution < 1.29 is 0 Å². The molecule has 0 aromatic carbocycles. The molecular formula is C16H29N. The lowest BCUT2D eigenvalue weighted by molar-refractivity contribution is 0.189. The molecule has 0 amide bonds. The fraction of sp³-hybridized carbons (Fsp3) is 1.00. The van der Waals surface area contributed by atoms with Crippen molar-refractivity contribution in [3.63, 3.8) is 0 Å². The van der Waals surface area contributed by atoms with E-state index in [9.17, 15) is 0 Å². The van der Waals surface area contributed by atoms with Crippen LogP contribution in [0.15, 0.2) is 0 Å². The first-order valence-electron chi connectivity index (χ1n) is 8.10. The van der Waals surface area contributed by atoms with Crippen LogP contribution >= 0.6 is 0 Å². The number of rotatable bonds is 4. The maximum Gasteiger partial charge on any atom is 0.00953 e. The van der Waals surface area contributed by atoms with Crippen LogP contribution in [-0.2, 0) is 0 Å². The first kappa shape index (κ1) is 12.0. The third-order valence-electron chi connectivity index (χ3n) is 5.87. The molecule has 17 heavy (non-hydrogen) atoms. The second kappa shape index (κ2) is 5.30. The molecule has 1 N–H and O–H groups in total. The average molecular weight is 235 g/mol. The minimum absolute atomic E-state index is 0.855. The molecule has 3 rings (SSSR count). The van der Waals surface area contributed by atoms with Gasteiger partial charge in [-0.1, -0.05) is 26.2 Å². The van der Waals surface area contributed by atoms with Crippen molar-refractivity contribution >= 4 is 0 Å². The van der Waals surface area contributed by atoms with E-state index in [-0.39, 0.29) is 0 Å². The minimum Gasteiger partial charge on any atom is -0.314 e. The largest absolute Gasteiger partial charge is 0.314 e. The molecule has 0 saturated heterocycles. The van der Waals surface area contributed by atoms with Crippen molar-refractivity contribution in [3.05, 3.63) is 0 Å². The molecule has 0 heterocycles. The van der Waals surface area contributed by atoms with Crippen LogP contribution in [0, 0.1) is 23.7 Å². The summed E-state index contributed by atoms with van der Waals surface area (Å²) in [5.74, 6) is 4.38. The van der Waals surface area contributed by atoms with Crippen molar-refractivity contribution in [2.45, 2.75) is 70.8 Å². The van der Waals surface area contributed by atoms with Crippen LogP contribution < -0.4 is 5.32 Å². The molecule has 3 aliphatic carbocycles. The van der Waals surface area contributed by atoms with Crippen molar-refractivity contribution in [3.8, 4) is 0 Å². The Balaban J connectivity index is 1.55. The first-order chi connectivity index (χ1) is 8.36. The van der Waals surface area contributed by atoms with Crippen LogP contribution in [0.2, 0.25) is 0 Å². The Morgan fingerprint density at radius 2 is 1.82 bits per heavy atom. The number of fused-ring (bicyclic) bond motifs is 2. The first-order valence-corrected chi connectivity index (χ1v) is 8.10. The summed E-state index contributed by atoms with van der Waals surface area (Å²) in [6.07, 6.45) is 13.8. The van der Waals surface area contributed by atoms with Gasteiger partial charge in [-0.3, -0.25) is 0 Å². The second-order valence-corrected chi connectivity index (χ2v) is 6.88. The molecular weight excluding hydrogens is 206 g/mol. The van der Waals surface area contributed by atoms with Gasteiger partial charge in [-0.15, -0.1) is 0 Å². The van der Waals surface area contributed by atoms with Crippen molar-refractivity contribution in [2.24, 2.45) is 23.7 Å². The molecule has 0 aromatic heterocycles. The van der Waals surface area contributed by atoms with E-state index in [1.807, 2.05) is 0 Å². The molecule has 0 aliphatic heterocycles. The highest BCUT2D eigenvalue weighted by molar-refractivity contribution is 4.93. The highest BCUT2D eigenvalue weighted by Crippen LogP contribution is 2.51. The standard InChI is InChI=1S/C16H29N/c1-2-17-16-6-4-3-5-14(16)11-15-10-12-7-8-13(15)9-12/h12-17H,2-11H2,1H3. The van der Waals surface area contributed by atoms with Gasteiger partial charge in [0.05, 0.1) is 0 Å². The van der Waals surface area contributed by atoms with E-state index < -0.39 is 0 Å². The molecule has 98 valence electrons. The Bertz CT molecular complexity index is 248. The zero-order valence-corrected chi connectivity index (χ0v) is 11.5. The van der Waals surface area contributed by atoms with Crippen LogP contribution in [0.1, 0.15) is 64.7 Å². The summed E-state index contributed by atoms with van der Waals surface area (Å²) < 4.78 is 0. The quantitative estimate of drug-likeness (QED) is 0.777. The van der Waals surface area contributed by atoms with Crippen molar-refractivity contribution in [1.82, 2.24) is 5.32 Å². The molecule has 1 heteroatoms. The molecule has 3 saturated carbocycles. The molecule has 3 aliphatic rings. The van der Waals surface area contributed by atoms with Gasteiger partial charge in [0.1, 0.15) is 0 Å². The second-order valence-electron chi connectivity index (χ2n) is 6.88. The topological polar surface area (TPSA) is 12.0 Å². The van der Waals surface area contributed by atoms with E-state index in [2.05, 4.69) is 12.2 Å². The summed E-state index contributed by atoms with van der Waals surface area (Å²) in [7, 11) is 0. The SMILES string of the molecule is CCNC1CCCCC1CC1CC2CCC1C2. The highest BCUT2D eigenvalue weighted by Gasteiger charge is 2.41. The third-order valence-corrected chi connectivity index (χ3v) is 5.87. The lowest BCUT2D eigenvalue weighted by atomic mass is 9.75. The fourth-order valence-corrected chi connectivity index (χ4v) is 5.07. The maximum absolute atomic E-state index is 3.75. The van der Waals surface area contributed by atoms with Crippen molar-refractivity contribution in [2.75, 3.05) is 6.54 Å². The molecule has 2 bridgehead atoms. The lowest BCUT2D eigenvalue weighted by Crippen LogP contribution is -2.39. The van der Waals surface area contributed by atoms with Gasteiger partial charge in [-0.2, -0.15) is 0 Å².